The van der Waals surface area contributed by atoms with Gasteiger partial charge in [-0.25, -0.2) is 19.3 Å². The van der Waals surface area contributed by atoms with E-state index in [2.05, 4.69) is 20.5 Å². The molecule has 0 spiro atoms. The van der Waals surface area contributed by atoms with Crippen LogP contribution in [-0.2, 0) is 6.42 Å². The minimum Gasteiger partial charge on any atom is -0.474 e. The molecule has 1 aromatic carbocycles. The fourth-order valence-corrected chi connectivity index (χ4v) is 5.92. The van der Waals surface area contributed by atoms with Crippen LogP contribution in [0.1, 0.15) is 55.8 Å². The second kappa shape index (κ2) is 9.20. The molecular weight excluding hydrogens is 485 g/mol. The van der Waals surface area contributed by atoms with Gasteiger partial charge in [-0.1, -0.05) is 11.6 Å². The van der Waals surface area contributed by atoms with Gasteiger partial charge in [0.25, 0.3) is 5.56 Å². The second-order valence-electron chi connectivity index (χ2n) is 9.65. The first kappa shape index (κ1) is 23.0. The number of hydrogen-bond donors (Lipinski definition) is 2. The highest BCUT2D eigenvalue weighted by molar-refractivity contribution is 6.33. The van der Waals surface area contributed by atoms with Crippen molar-refractivity contribution in [1.29, 1.82) is 0 Å². The Labute approximate surface area is 211 Å². The Kier molecular flexibility index (Phi) is 5.87. The molecule has 4 heterocycles. The number of carbonyl (C=O) groups excluding carboxylic acids is 1. The molecule has 6 rings (SSSR count). The molecular formula is C26H25ClFN5O3. The number of nitrogens with one attached hydrogen (secondary N) is 2. The van der Waals surface area contributed by atoms with E-state index in [1.54, 1.807) is 29.3 Å². The van der Waals surface area contributed by atoms with Crippen LogP contribution >= 0.6 is 11.6 Å². The van der Waals surface area contributed by atoms with Gasteiger partial charge in [-0.2, -0.15) is 5.10 Å². The molecule has 2 atom stereocenters. The van der Waals surface area contributed by atoms with Crippen molar-refractivity contribution in [3.63, 3.8) is 0 Å². The number of anilines is 1. The number of H-pyrrole nitrogens is 1. The Morgan fingerprint density at radius 3 is 2.78 bits per heavy atom. The van der Waals surface area contributed by atoms with Crippen molar-refractivity contribution < 1.29 is 13.9 Å². The Balaban J connectivity index is 1.19. The lowest BCUT2D eigenvalue weighted by atomic mass is 9.99. The van der Waals surface area contributed by atoms with Crippen LogP contribution in [0, 0.1) is 5.82 Å². The number of fused-ring (bicyclic) bond motifs is 4. The van der Waals surface area contributed by atoms with Crippen LogP contribution in [0.3, 0.4) is 0 Å². The van der Waals surface area contributed by atoms with Gasteiger partial charge in [0.2, 0.25) is 5.88 Å². The van der Waals surface area contributed by atoms with E-state index >= 15 is 4.39 Å². The number of aromatic amines is 1. The van der Waals surface area contributed by atoms with Crippen molar-refractivity contribution in [2.24, 2.45) is 0 Å². The van der Waals surface area contributed by atoms with Gasteiger partial charge in [-0.05, 0) is 68.7 Å². The summed E-state index contributed by atoms with van der Waals surface area (Å²) in [6.07, 6.45) is 8.31. The predicted octanol–water partition coefficient (Wildman–Crippen LogP) is 5.24. The van der Waals surface area contributed by atoms with E-state index in [-0.39, 0.29) is 29.4 Å². The molecule has 2 fully saturated rings. The molecule has 0 unspecified atom stereocenters. The summed E-state index contributed by atoms with van der Waals surface area (Å²) in [6, 6.07) is 7.09. The molecule has 0 radical (unpaired) electrons. The number of nitrogens with zero attached hydrogens (tertiary/aromatic N) is 3. The number of amides is 2. The molecule has 1 aliphatic carbocycles. The number of carbonyl (C=O) groups is 1. The first-order valence-electron chi connectivity index (χ1n) is 12.3. The highest BCUT2D eigenvalue weighted by atomic mass is 35.5. The number of pyridine rings is 1. The molecule has 8 nitrogen and oxygen atoms in total. The van der Waals surface area contributed by atoms with Crippen LogP contribution in [0.15, 0.2) is 41.3 Å². The van der Waals surface area contributed by atoms with Crippen LogP contribution in [0.4, 0.5) is 14.9 Å². The normalized spacial score (nSPS) is 20.9. The van der Waals surface area contributed by atoms with Crippen molar-refractivity contribution >= 4 is 23.3 Å². The number of benzene rings is 1. The Morgan fingerprint density at radius 2 is 2.00 bits per heavy atom. The van der Waals surface area contributed by atoms with E-state index in [0.717, 1.165) is 31.2 Å². The van der Waals surface area contributed by atoms with Gasteiger partial charge < -0.3 is 15.0 Å². The predicted molar refractivity (Wildman–Crippen MR) is 133 cm³/mol. The highest BCUT2D eigenvalue weighted by Gasteiger charge is 2.44. The van der Waals surface area contributed by atoms with Gasteiger partial charge in [0.05, 0.1) is 22.4 Å². The minimum absolute atomic E-state index is 0.00233. The van der Waals surface area contributed by atoms with Gasteiger partial charge in [0.15, 0.2) is 0 Å². The summed E-state index contributed by atoms with van der Waals surface area (Å²) in [5, 5.41) is 9.62. The molecule has 3 aromatic rings. The molecule has 2 aliphatic heterocycles. The Morgan fingerprint density at radius 1 is 1.17 bits per heavy atom. The third-order valence-corrected chi connectivity index (χ3v) is 7.68. The summed E-state index contributed by atoms with van der Waals surface area (Å²) in [4.78, 5) is 30.9. The zero-order valence-corrected chi connectivity index (χ0v) is 20.2. The van der Waals surface area contributed by atoms with Gasteiger partial charge in [0.1, 0.15) is 11.9 Å². The van der Waals surface area contributed by atoms with Gasteiger partial charge in [0, 0.05) is 35.5 Å². The van der Waals surface area contributed by atoms with Crippen molar-refractivity contribution in [3.8, 4) is 17.0 Å². The van der Waals surface area contributed by atoms with E-state index in [1.807, 2.05) is 0 Å². The molecule has 10 heteroatoms. The average molecular weight is 510 g/mol. The number of urea groups is 1. The maximum atomic E-state index is 15.1. The largest absolute Gasteiger partial charge is 0.474 e. The summed E-state index contributed by atoms with van der Waals surface area (Å²) < 4.78 is 21.0. The number of ether oxygens (including phenoxy) is 1. The first-order valence-corrected chi connectivity index (χ1v) is 12.6. The van der Waals surface area contributed by atoms with E-state index in [9.17, 15) is 9.59 Å². The molecule has 3 aliphatic rings. The van der Waals surface area contributed by atoms with Crippen LogP contribution in [0.2, 0.25) is 5.02 Å². The molecule has 2 bridgehead atoms. The van der Waals surface area contributed by atoms with Crippen molar-refractivity contribution in [2.45, 2.75) is 63.1 Å². The molecule has 2 amide bonds. The summed E-state index contributed by atoms with van der Waals surface area (Å²) >= 11 is 6.50. The van der Waals surface area contributed by atoms with Crippen LogP contribution < -0.4 is 15.6 Å². The molecule has 1 saturated carbocycles. The number of aromatic nitrogens is 3. The third-order valence-electron chi connectivity index (χ3n) is 7.36. The molecule has 1 saturated heterocycles. The van der Waals surface area contributed by atoms with E-state index < -0.39 is 11.8 Å². The molecule has 186 valence electrons. The summed E-state index contributed by atoms with van der Waals surface area (Å²) in [5.74, 6) is -0.0522. The third kappa shape index (κ3) is 4.21. The monoisotopic (exact) mass is 509 g/mol. The van der Waals surface area contributed by atoms with Crippen molar-refractivity contribution in [1.82, 2.24) is 20.1 Å². The maximum absolute atomic E-state index is 15.1. The lowest BCUT2D eigenvalue weighted by molar-refractivity contribution is 0.177. The number of rotatable bonds is 4. The first-order chi connectivity index (χ1) is 17.5. The zero-order valence-electron chi connectivity index (χ0n) is 19.5. The summed E-state index contributed by atoms with van der Waals surface area (Å²) in [6.45, 7) is 0. The lowest BCUT2D eigenvalue weighted by Gasteiger charge is -2.35. The van der Waals surface area contributed by atoms with Gasteiger partial charge >= 0.3 is 6.03 Å². The van der Waals surface area contributed by atoms with Crippen LogP contribution in [-0.4, -0.2) is 38.3 Å². The van der Waals surface area contributed by atoms with Crippen molar-refractivity contribution in [3.05, 3.63) is 69.0 Å². The summed E-state index contributed by atoms with van der Waals surface area (Å²) in [7, 11) is 0. The smallest absolute Gasteiger partial charge is 0.322 e. The van der Waals surface area contributed by atoms with Crippen LogP contribution in [0.25, 0.3) is 11.1 Å². The summed E-state index contributed by atoms with van der Waals surface area (Å²) in [5.41, 5.74) is 2.44. The second-order valence-corrected chi connectivity index (χ2v) is 10.1. The van der Waals surface area contributed by atoms with Gasteiger partial charge in [-0.3, -0.25) is 4.79 Å². The standard InChI is InChI=1S/C26H25ClFN5O3/c27-19-12-21(20(28)11-18(19)14-5-8-24(29-13-14)36-17-3-1-2-4-17)30-26(35)33-16-6-7-22(33)25-15(9-16)10-23(34)31-32-25/h5,8,10-13,16-17,22H,1-4,6-7,9H2,(H,30,35)(H,31,34)/t16-,22+/m0/s1. The molecule has 2 aromatic heterocycles. The van der Waals surface area contributed by atoms with E-state index in [1.165, 1.54) is 25.0 Å². The SMILES string of the molecule is O=C(Nc1cc(Cl)c(-c2ccc(OC3CCCC3)nc2)cc1F)N1[C@H]2CC[C@@H]1c1n[nH]c(=O)cc1C2. The maximum Gasteiger partial charge on any atom is 0.322 e. The molecule has 36 heavy (non-hydrogen) atoms. The number of halogens is 2. The Hall–Kier alpha value is -3.46. The number of hydrogen-bond acceptors (Lipinski definition) is 5. The fourth-order valence-electron chi connectivity index (χ4n) is 5.65. The average Bonchev–Trinajstić information content (AvgIpc) is 3.48. The lowest BCUT2D eigenvalue weighted by Crippen LogP contribution is -2.45. The quantitative estimate of drug-likeness (QED) is 0.501. The Bertz CT molecular complexity index is 1370. The fraction of sp³-hybridized carbons (Fsp3) is 0.385. The zero-order chi connectivity index (χ0) is 24.8. The van der Waals surface area contributed by atoms with E-state index in [4.69, 9.17) is 16.3 Å². The topological polar surface area (TPSA) is 100 Å². The minimum atomic E-state index is -0.596. The van der Waals surface area contributed by atoms with E-state index in [0.29, 0.717) is 34.1 Å². The van der Waals surface area contributed by atoms with Gasteiger partial charge in [-0.15, -0.1) is 0 Å². The van der Waals surface area contributed by atoms with Crippen LogP contribution in [0.5, 0.6) is 5.88 Å². The van der Waals surface area contributed by atoms with Crippen molar-refractivity contribution in [2.75, 3.05) is 5.32 Å². The highest BCUT2D eigenvalue weighted by Crippen LogP contribution is 2.43. The molecule has 2 N–H and O–H groups in total.